The van der Waals surface area contributed by atoms with E-state index < -0.39 is 0 Å². The lowest BCUT2D eigenvalue weighted by atomic mass is 10.1. The first-order chi connectivity index (χ1) is 12.6. The van der Waals surface area contributed by atoms with E-state index in [1.807, 2.05) is 42.8 Å². The molecule has 3 aromatic rings. The summed E-state index contributed by atoms with van der Waals surface area (Å²) in [4.78, 5) is 0. The zero-order chi connectivity index (χ0) is 18.5. The first-order valence-corrected chi connectivity index (χ1v) is 9.44. The van der Waals surface area contributed by atoms with Gasteiger partial charge in [-0.15, -0.1) is 10.2 Å². The van der Waals surface area contributed by atoms with Crippen LogP contribution in [0.15, 0.2) is 53.7 Å². The van der Waals surface area contributed by atoms with Crippen LogP contribution in [-0.2, 0) is 12.8 Å². The monoisotopic (exact) mass is 369 g/mol. The molecule has 0 radical (unpaired) electrons. The summed E-state index contributed by atoms with van der Waals surface area (Å²) in [6.45, 7) is 4.10. The van der Waals surface area contributed by atoms with Crippen molar-refractivity contribution in [2.45, 2.75) is 30.9 Å². The third-order valence-corrected chi connectivity index (χ3v) is 5.29. The normalized spacial score (nSPS) is 12.0. The average Bonchev–Trinajstić information content (AvgIpc) is 3.02. The molecule has 1 aromatic heterocycles. The van der Waals surface area contributed by atoms with Crippen LogP contribution in [0.5, 0.6) is 11.5 Å². The molecule has 2 aromatic carbocycles. The third kappa shape index (κ3) is 4.19. The summed E-state index contributed by atoms with van der Waals surface area (Å²) in [5.41, 5.74) is 2.60. The van der Waals surface area contributed by atoms with Crippen molar-refractivity contribution in [2.24, 2.45) is 7.05 Å². The molecule has 0 aliphatic carbocycles. The van der Waals surface area contributed by atoms with E-state index in [0.29, 0.717) is 0 Å². The van der Waals surface area contributed by atoms with Gasteiger partial charge in [0.2, 0.25) is 0 Å². The Bertz CT molecular complexity index is 862. The van der Waals surface area contributed by atoms with Gasteiger partial charge in [0, 0.05) is 12.8 Å². The molecule has 1 unspecified atom stereocenters. The zero-order valence-electron chi connectivity index (χ0n) is 15.5. The topological polar surface area (TPSA) is 49.2 Å². The summed E-state index contributed by atoms with van der Waals surface area (Å²) in [6, 6.07) is 15.9. The molecule has 5 nitrogen and oxygen atoms in total. The zero-order valence-corrected chi connectivity index (χ0v) is 16.3. The molecule has 0 saturated carbocycles. The van der Waals surface area contributed by atoms with Crippen LogP contribution in [0.1, 0.15) is 30.0 Å². The van der Waals surface area contributed by atoms with Crippen molar-refractivity contribution in [3.63, 3.8) is 0 Å². The predicted molar refractivity (Wildman–Crippen MR) is 104 cm³/mol. The van der Waals surface area contributed by atoms with Gasteiger partial charge in [0.15, 0.2) is 17.1 Å². The van der Waals surface area contributed by atoms with Gasteiger partial charge in [-0.05, 0) is 49.2 Å². The number of ether oxygens (including phenoxy) is 2. The van der Waals surface area contributed by atoms with Crippen LogP contribution in [0.4, 0.5) is 0 Å². The molecule has 0 bridgehead atoms. The largest absolute Gasteiger partial charge is 0.497 e. The quantitative estimate of drug-likeness (QED) is 0.571. The number of aryl methyl sites for hydroxylation is 1. The summed E-state index contributed by atoms with van der Waals surface area (Å²) in [6.07, 6.45) is -0.200. The van der Waals surface area contributed by atoms with E-state index in [2.05, 4.69) is 41.4 Å². The van der Waals surface area contributed by atoms with E-state index in [1.165, 1.54) is 11.1 Å². The molecular weight excluding hydrogens is 346 g/mol. The number of hydrogen-bond donors (Lipinski definition) is 0. The Morgan fingerprint density at radius 2 is 1.73 bits per heavy atom. The lowest BCUT2D eigenvalue weighted by molar-refractivity contribution is 0.211. The number of rotatable bonds is 7. The Morgan fingerprint density at radius 1 is 1.04 bits per heavy atom. The van der Waals surface area contributed by atoms with Gasteiger partial charge in [0.05, 0.1) is 7.11 Å². The van der Waals surface area contributed by atoms with Crippen molar-refractivity contribution in [3.8, 4) is 11.5 Å². The van der Waals surface area contributed by atoms with Crippen LogP contribution in [0.2, 0.25) is 0 Å². The van der Waals surface area contributed by atoms with Crippen molar-refractivity contribution in [3.05, 3.63) is 65.5 Å². The highest BCUT2D eigenvalue weighted by atomic mass is 32.2. The van der Waals surface area contributed by atoms with E-state index in [-0.39, 0.29) is 6.10 Å². The van der Waals surface area contributed by atoms with Gasteiger partial charge in [-0.1, -0.05) is 36.0 Å². The van der Waals surface area contributed by atoms with Crippen LogP contribution in [0.25, 0.3) is 0 Å². The second-order valence-corrected chi connectivity index (χ2v) is 6.99. The minimum absolute atomic E-state index is 0.200. The standard InChI is InChI=1S/C20H23N3O2S/c1-14-7-5-6-8-16(14)13-26-20-22-21-19(23(20)3)15(2)25-18-11-9-17(24-4)10-12-18/h5-12,15H,13H2,1-4H3. The highest BCUT2D eigenvalue weighted by Crippen LogP contribution is 2.27. The first kappa shape index (κ1) is 18.3. The fourth-order valence-electron chi connectivity index (χ4n) is 2.63. The second-order valence-electron chi connectivity index (χ2n) is 6.05. The summed E-state index contributed by atoms with van der Waals surface area (Å²) in [7, 11) is 3.62. The Balaban J connectivity index is 1.66. The maximum Gasteiger partial charge on any atom is 0.191 e. The molecule has 0 spiro atoms. The Hall–Kier alpha value is -2.47. The minimum Gasteiger partial charge on any atom is -0.497 e. The lowest BCUT2D eigenvalue weighted by Crippen LogP contribution is -2.10. The Kier molecular flexibility index (Phi) is 5.83. The van der Waals surface area contributed by atoms with Crippen LogP contribution in [-0.4, -0.2) is 21.9 Å². The molecule has 1 heterocycles. The highest BCUT2D eigenvalue weighted by Gasteiger charge is 2.17. The maximum atomic E-state index is 5.99. The van der Waals surface area contributed by atoms with Crippen molar-refractivity contribution in [1.82, 2.24) is 14.8 Å². The first-order valence-electron chi connectivity index (χ1n) is 8.45. The number of benzene rings is 2. The molecule has 26 heavy (non-hydrogen) atoms. The average molecular weight is 369 g/mol. The molecule has 136 valence electrons. The van der Waals surface area contributed by atoms with Crippen LogP contribution in [0, 0.1) is 6.92 Å². The van der Waals surface area contributed by atoms with Crippen LogP contribution in [0.3, 0.4) is 0 Å². The summed E-state index contributed by atoms with van der Waals surface area (Å²) in [5, 5.41) is 9.53. The summed E-state index contributed by atoms with van der Waals surface area (Å²) in [5.74, 6) is 3.24. The van der Waals surface area contributed by atoms with Crippen LogP contribution < -0.4 is 9.47 Å². The smallest absolute Gasteiger partial charge is 0.191 e. The van der Waals surface area contributed by atoms with Crippen molar-refractivity contribution < 1.29 is 9.47 Å². The van der Waals surface area contributed by atoms with E-state index in [4.69, 9.17) is 9.47 Å². The fraction of sp³-hybridized carbons (Fsp3) is 0.300. The van der Waals surface area contributed by atoms with Gasteiger partial charge in [-0.2, -0.15) is 0 Å². The van der Waals surface area contributed by atoms with Gasteiger partial charge < -0.3 is 14.0 Å². The molecule has 0 amide bonds. The molecule has 6 heteroatoms. The molecule has 0 aliphatic heterocycles. The fourth-order valence-corrected chi connectivity index (χ4v) is 3.63. The lowest BCUT2D eigenvalue weighted by Gasteiger charge is -2.14. The summed E-state index contributed by atoms with van der Waals surface area (Å²) < 4.78 is 13.2. The molecule has 1 atom stereocenters. The Labute approximate surface area is 158 Å². The van der Waals surface area contributed by atoms with E-state index in [9.17, 15) is 0 Å². The highest BCUT2D eigenvalue weighted by molar-refractivity contribution is 7.98. The summed E-state index contributed by atoms with van der Waals surface area (Å²) >= 11 is 1.68. The van der Waals surface area contributed by atoms with Gasteiger partial charge >= 0.3 is 0 Å². The second kappa shape index (κ2) is 8.27. The number of hydrogen-bond acceptors (Lipinski definition) is 5. The van der Waals surface area contributed by atoms with Crippen molar-refractivity contribution in [1.29, 1.82) is 0 Å². The SMILES string of the molecule is COc1ccc(OC(C)c2nnc(SCc3ccccc3C)n2C)cc1. The van der Waals surface area contributed by atoms with Gasteiger partial charge in [0.25, 0.3) is 0 Å². The molecular formula is C20H23N3O2S. The predicted octanol–water partition coefficient (Wildman–Crippen LogP) is 4.56. The molecule has 3 rings (SSSR count). The van der Waals surface area contributed by atoms with E-state index >= 15 is 0 Å². The Morgan fingerprint density at radius 3 is 2.42 bits per heavy atom. The van der Waals surface area contributed by atoms with Crippen molar-refractivity contribution >= 4 is 11.8 Å². The number of aromatic nitrogens is 3. The van der Waals surface area contributed by atoms with Crippen molar-refractivity contribution in [2.75, 3.05) is 7.11 Å². The number of nitrogens with zero attached hydrogens (tertiary/aromatic N) is 3. The molecule has 0 aliphatic rings. The van der Waals surface area contributed by atoms with Gasteiger partial charge in [-0.3, -0.25) is 0 Å². The minimum atomic E-state index is -0.200. The van der Waals surface area contributed by atoms with E-state index in [0.717, 1.165) is 28.2 Å². The number of thioether (sulfide) groups is 1. The van der Waals surface area contributed by atoms with E-state index in [1.54, 1.807) is 18.9 Å². The molecule has 0 N–H and O–H groups in total. The van der Waals surface area contributed by atoms with Gasteiger partial charge in [-0.25, -0.2) is 0 Å². The molecule has 0 saturated heterocycles. The molecule has 0 fully saturated rings. The van der Waals surface area contributed by atoms with Crippen LogP contribution >= 0.6 is 11.8 Å². The van der Waals surface area contributed by atoms with Gasteiger partial charge in [0.1, 0.15) is 11.5 Å². The maximum absolute atomic E-state index is 5.99. The number of methoxy groups -OCH3 is 1. The third-order valence-electron chi connectivity index (χ3n) is 4.22.